The molecule has 5 heteroatoms. The average Bonchev–Trinajstić information content (AvgIpc) is 3.01. The fraction of sp³-hybridized carbons (Fsp3) is 0.208. The predicted octanol–water partition coefficient (Wildman–Crippen LogP) is 6.28. The van der Waals surface area contributed by atoms with Crippen molar-refractivity contribution in [1.82, 2.24) is 0 Å². The Morgan fingerprint density at radius 3 is 2.34 bits per heavy atom. The van der Waals surface area contributed by atoms with Crippen LogP contribution >= 0.6 is 23.2 Å². The number of hydrogen-bond donors (Lipinski definition) is 0. The Hall–Kier alpha value is -2.49. The Balaban J connectivity index is 1.66. The third-order valence-corrected chi connectivity index (χ3v) is 6.34. The molecule has 0 aromatic heterocycles. The number of carbonyl (C=O) groups is 1. The van der Waals surface area contributed by atoms with Gasteiger partial charge in [-0.3, -0.25) is 4.79 Å². The van der Waals surface area contributed by atoms with Crippen LogP contribution in [0.2, 0.25) is 10.0 Å². The van der Waals surface area contributed by atoms with Gasteiger partial charge in [-0.05, 0) is 48.2 Å². The lowest BCUT2D eigenvalue weighted by Crippen LogP contribution is -2.29. The molecule has 0 fully saturated rings. The van der Waals surface area contributed by atoms with E-state index in [4.69, 9.17) is 32.7 Å². The summed E-state index contributed by atoms with van der Waals surface area (Å²) in [6.07, 6.45) is 0.534. The minimum absolute atomic E-state index is 0.0285. The number of halogens is 2. The number of carbonyl (C=O) groups excluding carboxylic acids is 1. The van der Waals surface area contributed by atoms with Crippen LogP contribution in [-0.4, -0.2) is 12.9 Å². The van der Waals surface area contributed by atoms with E-state index in [1.54, 1.807) is 7.11 Å². The van der Waals surface area contributed by atoms with Crippen molar-refractivity contribution in [2.24, 2.45) is 0 Å². The van der Waals surface area contributed by atoms with E-state index < -0.39 is 5.41 Å². The van der Waals surface area contributed by atoms with Crippen LogP contribution in [-0.2, 0) is 18.4 Å². The summed E-state index contributed by atoms with van der Waals surface area (Å²) >= 11 is 13.0. The maximum absolute atomic E-state index is 13.3. The molecule has 0 saturated carbocycles. The van der Waals surface area contributed by atoms with Crippen molar-refractivity contribution >= 4 is 29.0 Å². The van der Waals surface area contributed by atoms with Crippen LogP contribution in [0, 0.1) is 0 Å². The van der Waals surface area contributed by atoms with Crippen molar-refractivity contribution in [2.75, 3.05) is 7.11 Å². The van der Waals surface area contributed by atoms with E-state index in [-0.39, 0.29) is 15.8 Å². The molecule has 1 unspecified atom stereocenters. The van der Waals surface area contributed by atoms with E-state index in [0.717, 1.165) is 22.4 Å². The number of benzene rings is 3. The number of rotatable bonds is 5. The summed E-state index contributed by atoms with van der Waals surface area (Å²) in [6.45, 7) is 2.31. The Morgan fingerprint density at radius 1 is 1.00 bits per heavy atom. The van der Waals surface area contributed by atoms with Gasteiger partial charge in [0.05, 0.1) is 17.5 Å². The Kier molecular flexibility index (Phi) is 5.28. The van der Waals surface area contributed by atoms with Crippen LogP contribution < -0.4 is 9.47 Å². The average molecular weight is 427 g/mol. The second-order valence-corrected chi connectivity index (χ2v) is 8.13. The summed E-state index contributed by atoms with van der Waals surface area (Å²) in [6, 6.07) is 19.2. The van der Waals surface area contributed by atoms with Crippen molar-refractivity contribution in [3.05, 3.63) is 93.0 Å². The van der Waals surface area contributed by atoms with Gasteiger partial charge in [0, 0.05) is 5.56 Å². The third kappa shape index (κ3) is 3.50. The molecule has 0 amide bonds. The van der Waals surface area contributed by atoms with Gasteiger partial charge in [-0.2, -0.15) is 0 Å². The lowest BCUT2D eigenvalue weighted by atomic mass is 9.79. The van der Waals surface area contributed by atoms with Gasteiger partial charge in [0.2, 0.25) is 0 Å². The van der Waals surface area contributed by atoms with Crippen LogP contribution in [0.5, 0.6) is 11.5 Å². The van der Waals surface area contributed by atoms with E-state index in [1.807, 2.05) is 67.6 Å². The maximum atomic E-state index is 13.3. The Morgan fingerprint density at radius 2 is 1.69 bits per heavy atom. The van der Waals surface area contributed by atoms with Crippen molar-refractivity contribution in [2.45, 2.75) is 25.4 Å². The zero-order chi connectivity index (χ0) is 20.6. The Labute approximate surface area is 180 Å². The molecule has 3 aromatic rings. The summed E-state index contributed by atoms with van der Waals surface area (Å²) in [4.78, 5) is 13.3. The highest BCUT2D eigenvalue weighted by molar-refractivity contribution is 6.45. The number of Topliss-reactive ketones (excluding diaryl/α,β-unsaturated/α-hetero) is 1. The molecule has 1 aliphatic rings. The van der Waals surface area contributed by atoms with Gasteiger partial charge < -0.3 is 9.47 Å². The highest BCUT2D eigenvalue weighted by Crippen LogP contribution is 2.47. The van der Waals surface area contributed by atoms with Gasteiger partial charge in [0.1, 0.15) is 23.1 Å². The SMILES string of the molecule is COc1ccc(C2(C)Cc3cc(OCc4ccccc4)c(Cl)c(Cl)c3C2=O)cc1. The first kappa shape index (κ1) is 19.8. The summed E-state index contributed by atoms with van der Waals surface area (Å²) in [5.74, 6) is 1.21. The summed E-state index contributed by atoms with van der Waals surface area (Å²) in [5.41, 5.74) is 2.57. The highest BCUT2D eigenvalue weighted by Gasteiger charge is 2.45. The van der Waals surface area contributed by atoms with Crippen molar-refractivity contribution in [3.8, 4) is 11.5 Å². The fourth-order valence-electron chi connectivity index (χ4n) is 3.81. The largest absolute Gasteiger partial charge is 0.497 e. The molecule has 0 bridgehead atoms. The predicted molar refractivity (Wildman–Crippen MR) is 116 cm³/mol. The number of ether oxygens (including phenoxy) is 2. The summed E-state index contributed by atoms with van der Waals surface area (Å²) < 4.78 is 11.2. The standard InChI is InChI=1S/C24H20Cl2O3/c1-24(17-8-10-18(28-2)11-9-17)13-16-12-19(21(25)22(26)20(16)23(24)27)29-14-15-6-4-3-5-7-15/h3-12H,13-14H2,1-2H3. The van der Waals surface area contributed by atoms with E-state index >= 15 is 0 Å². The van der Waals surface area contributed by atoms with E-state index in [9.17, 15) is 4.79 Å². The van der Waals surface area contributed by atoms with E-state index in [2.05, 4.69) is 0 Å². The third-order valence-electron chi connectivity index (χ3n) is 5.49. The van der Waals surface area contributed by atoms with E-state index in [0.29, 0.717) is 24.3 Å². The lowest BCUT2D eigenvalue weighted by Gasteiger charge is -2.22. The summed E-state index contributed by atoms with van der Waals surface area (Å²) in [5, 5.41) is 0.531. The molecule has 148 valence electrons. The van der Waals surface area contributed by atoms with Crippen LogP contribution in [0.25, 0.3) is 0 Å². The first-order valence-electron chi connectivity index (χ1n) is 9.31. The molecule has 0 N–H and O–H groups in total. The monoisotopic (exact) mass is 426 g/mol. The number of fused-ring (bicyclic) bond motifs is 1. The van der Waals surface area contributed by atoms with Gasteiger partial charge >= 0.3 is 0 Å². The number of methoxy groups -OCH3 is 1. The molecular weight excluding hydrogens is 407 g/mol. The van der Waals surface area contributed by atoms with Gasteiger partial charge in [-0.1, -0.05) is 65.7 Å². The second kappa shape index (κ2) is 7.74. The number of hydrogen-bond acceptors (Lipinski definition) is 3. The first-order valence-corrected chi connectivity index (χ1v) is 10.1. The van der Waals surface area contributed by atoms with Gasteiger partial charge in [0.15, 0.2) is 5.78 Å². The second-order valence-electron chi connectivity index (χ2n) is 7.38. The van der Waals surface area contributed by atoms with Gasteiger partial charge in [-0.25, -0.2) is 0 Å². The van der Waals surface area contributed by atoms with E-state index in [1.165, 1.54) is 0 Å². The molecule has 0 aliphatic heterocycles. The molecule has 0 heterocycles. The fourth-order valence-corrected chi connectivity index (χ4v) is 4.31. The van der Waals surface area contributed by atoms with Crippen LogP contribution in [0.15, 0.2) is 60.7 Å². The van der Waals surface area contributed by atoms with Crippen LogP contribution in [0.1, 0.15) is 34.0 Å². The first-order chi connectivity index (χ1) is 13.9. The highest BCUT2D eigenvalue weighted by atomic mass is 35.5. The minimum atomic E-state index is -0.709. The molecular formula is C24H20Cl2O3. The molecule has 3 nitrogen and oxygen atoms in total. The summed E-state index contributed by atoms with van der Waals surface area (Å²) in [7, 11) is 1.62. The minimum Gasteiger partial charge on any atom is -0.497 e. The molecule has 0 spiro atoms. The number of ketones is 1. The van der Waals surface area contributed by atoms with Crippen LogP contribution in [0.3, 0.4) is 0 Å². The molecule has 1 aliphatic carbocycles. The normalized spacial score (nSPS) is 17.9. The lowest BCUT2D eigenvalue weighted by molar-refractivity contribution is 0.0915. The quantitative estimate of drug-likeness (QED) is 0.481. The van der Waals surface area contributed by atoms with Crippen molar-refractivity contribution in [3.63, 3.8) is 0 Å². The smallest absolute Gasteiger partial charge is 0.175 e. The van der Waals surface area contributed by atoms with Gasteiger partial charge in [0.25, 0.3) is 0 Å². The molecule has 29 heavy (non-hydrogen) atoms. The van der Waals surface area contributed by atoms with Crippen molar-refractivity contribution in [1.29, 1.82) is 0 Å². The molecule has 4 rings (SSSR count). The van der Waals surface area contributed by atoms with Gasteiger partial charge in [-0.15, -0.1) is 0 Å². The molecule has 3 aromatic carbocycles. The maximum Gasteiger partial charge on any atom is 0.175 e. The zero-order valence-corrected chi connectivity index (χ0v) is 17.7. The van der Waals surface area contributed by atoms with Crippen LogP contribution in [0.4, 0.5) is 0 Å². The molecule has 0 saturated heterocycles. The Bertz CT molecular complexity index is 1060. The topological polar surface area (TPSA) is 35.5 Å². The zero-order valence-electron chi connectivity index (χ0n) is 16.2. The molecule has 1 atom stereocenters. The molecule has 0 radical (unpaired) electrons. The van der Waals surface area contributed by atoms with Crippen molar-refractivity contribution < 1.29 is 14.3 Å².